The monoisotopic (exact) mass is 435 g/mol. The first-order valence-electron chi connectivity index (χ1n) is 9.33. The Labute approximate surface area is 174 Å². The number of carbonyl (C=O) groups excluding carboxylic acids is 1. The second-order valence-corrected chi connectivity index (χ2v) is 6.84. The molecule has 2 aromatic heterocycles. The summed E-state index contributed by atoms with van der Waals surface area (Å²) in [6.07, 6.45) is -1.90. The lowest BCUT2D eigenvalue weighted by atomic mass is 10.1. The number of rotatable bonds is 4. The Kier molecular flexibility index (Phi) is 5.70. The Balaban J connectivity index is 1.45. The summed E-state index contributed by atoms with van der Waals surface area (Å²) in [5.41, 5.74) is 0.382. The molecule has 0 radical (unpaired) electrons. The van der Waals surface area contributed by atoms with Gasteiger partial charge in [-0.15, -0.1) is 0 Å². The van der Waals surface area contributed by atoms with Gasteiger partial charge in [0.1, 0.15) is 0 Å². The number of morpholine rings is 1. The van der Waals surface area contributed by atoms with Crippen LogP contribution in [0.1, 0.15) is 27.6 Å². The number of pyridine rings is 1. The van der Waals surface area contributed by atoms with Gasteiger partial charge in [-0.1, -0.05) is 12.1 Å². The first-order valence-corrected chi connectivity index (χ1v) is 9.33. The maximum Gasteiger partial charge on any atom is 0.417 e. The van der Waals surface area contributed by atoms with Gasteiger partial charge < -0.3 is 15.4 Å². The van der Waals surface area contributed by atoms with Crippen molar-refractivity contribution in [1.29, 1.82) is 0 Å². The van der Waals surface area contributed by atoms with Crippen LogP contribution in [0.5, 0.6) is 0 Å². The van der Waals surface area contributed by atoms with E-state index in [2.05, 4.69) is 20.7 Å². The highest BCUT2D eigenvalue weighted by atomic mass is 19.4. The van der Waals surface area contributed by atoms with Crippen molar-refractivity contribution < 1.29 is 27.1 Å². The fourth-order valence-corrected chi connectivity index (χ4v) is 3.07. The normalized spacial score (nSPS) is 16.8. The van der Waals surface area contributed by atoms with Crippen molar-refractivity contribution in [3.63, 3.8) is 0 Å². The number of alkyl halides is 3. The highest BCUT2D eigenvalue weighted by Crippen LogP contribution is 2.30. The summed E-state index contributed by atoms with van der Waals surface area (Å²) >= 11 is 0. The van der Waals surface area contributed by atoms with E-state index in [4.69, 9.17) is 4.74 Å². The van der Waals surface area contributed by atoms with E-state index in [9.17, 15) is 22.4 Å². The molecule has 0 bridgehead atoms. The fraction of sp³-hybridized carbons (Fsp3) is 0.250. The number of carbonyl (C=O) groups is 1. The predicted octanol–water partition coefficient (Wildman–Crippen LogP) is 3.34. The molecule has 1 aromatic carbocycles. The van der Waals surface area contributed by atoms with Gasteiger partial charge in [0.05, 0.1) is 30.0 Å². The third-order valence-electron chi connectivity index (χ3n) is 4.68. The molecule has 0 spiro atoms. The van der Waals surface area contributed by atoms with E-state index in [1.54, 1.807) is 12.1 Å². The SMILES string of the molecule is O=C(Nc1ccc(C2CNCCO2)cc1)c1cnn(-c2ncc(C(F)(F)F)cc2F)c1. The molecule has 162 valence electrons. The van der Waals surface area contributed by atoms with Crippen LogP contribution in [0.3, 0.4) is 0 Å². The van der Waals surface area contributed by atoms with Crippen LogP contribution in [0.4, 0.5) is 23.2 Å². The Morgan fingerprint density at radius 1 is 1.23 bits per heavy atom. The van der Waals surface area contributed by atoms with Crippen LogP contribution in [0.25, 0.3) is 5.82 Å². The molecular weight excluding hydrogens is 418 g/mol. The molecule has 4 rings (SSSR count). The van der Waals surface area contributed by atoms with Crippen molar-refractivity contribution in [3.05, 3.63) is 71.4 Å². The molecule has 1 fully saturated rings. The molecule has 1 amide bonds. The quantitative estimate of drug-likeness (QED) is 0.615. The summed E-state index contributed by atoms with van der Waals surface area (Å²) in [7, 11) is 0. The number of aromatic nitrogens is 3. The summed E-state index contributed by atoms with van der Waals surface area (Å²) in [6, 6.07) is 7.48. The van der Waals surface area contributed by atoms with Gasteiger partial charge >= 0.3 is 6.18 Å². The third-order valence-corrected chi connectivity index (χ3v) is 4.68. The van der Waals surface area contributed by atoms with Crippen LogP contribution in [-0.2, 0) is 10.9 Å². The minimum atomic E-state index is -4.71. The van der Waals surface area contributed by atoms with E-state index in [0.717, 1.165) is 16.8 Å². The Bertz CT molecular complexity index is 1080. The van der Waals surface area contributed by atoms with E-state index in [0.29, 0.717) is 31.1 Å². The largest absolute Gasteiger partial charge is 0.417 e. The summed E-state index contributed by atoms with van der Waals surface area (Å²) in [6.45, 7) is 2.14. The molecule has 2 N–H and O–H groups in total. The molecule has 1 aliphatic heterocycles. The van der Waals surface area contributed by atoms with Gasteiger partial charge in [0.15, 0.2) is 11.6 Å². The molecule has 1 atom stereocenters. The van der Waals surface area contributed by atoms with Gasteiger partial charge in [-0.05, 0) is 23.8 Å². The van der Waals surface area contributed by atoms with Crippen LogP contribution in [0, 0.1) is 5.82 Å². The van der Waals surface area contributed by atoms with Crippen molar-refractivity contribution >= 4 is 11.6 Å². The minimum Gasteiger partial charge on any atom is -0.371 e. The molecule has 1 saturated heterocycles. The standard InChI is InChI=1S/C20H17F4N5O2/c21-16-7-14(20(22,23)24)9-26-18(16)29-11-13(8-27-29)19(30)28-15-3-1-12(2-4-15)17-10-25-5-6-31-17/h1-4,7-9,11,17,25H,5-6,10H2,(H,28,30). The molecule has 11 heteroatoms. The number of anilines is 1. The first-order chi connectivity index (χ1) is 14.8. The van der Waals surface area contributed by atoms with Gasteiger partial charge in [0.25, 0.3) is 5.91 Å². The average molecular weight is 435 g/mol. The lowest BCUT2D eigenvalue weighted by Crippen LogP contribution is -2.33. The number of amides is 1. The van der Waals surface area contributed by atoms with E-state index in [-0.39, 0.29) is 11.7 Å². The molecular formula is C20H17F4N5O2. The van der Waals surface area contributed by atoms with Crippen molar-refractivity contribution in [2.75, 3.05) is 25.0 Å². The summed E-state index contributed by atoms with van der Waals surface area (Å²) in [5, 5.41) is 9.75. The number of hydrogen-bond donors (Lipinski definition) is 2. The topological polar surface area (TPSA) is 81.1 Å². The molecule has 0 saturated carbocycles. The second kappa shape index (κ2) is 8.44. The maximum atomic E-state index is 14.1. The predicted molar refractivity (Wildman–Crippen MR) is 102 cm³/mol. The van der Waals surface area contributed by atoms with Crippen LogP contribution in [-0.4, -0.2) is 40.4 Å². The number of nitrogens with one attached hydrogen (secondary N) is 2. The van der Waals surface area contributed by atoms with Crippen molar-refractivity contribution in [1.82, 2.24) is 20.1 Å². The highest BCUT2D eigenvalue weighted by Gasteiger charge is 2.32. The minimum absolute atomic E-state index is 0.0529. The Morgan fingerprint density at radius 3 is 2.65 bits per heavy atom. The molecule has 31 heavy (non-hydrogen) atoms. The van der Waals surface area contributed by atoms with Gasteiger partial charge in [-0.3, -0.25) is 4.79 Å². The number of benzene rings is 1. The van der Waals surface area contributed by atoms with Crippen molar-refractivity contribution in [2.24, 2.45) is 0 Å². The number of nitrogens with zero attached hydrogens (tertiary/aromatic N) is 3. The Morgan fingerprint density at radius 2 is 2.00 bits per heavy atom. The fourth-order valence-electron chi connectivity index (χ4n) is 3.07. The molecule has 3 heterocycles. The van der Waals surface area contributed by atoms with Gasteiger partial charge in [0.2, 0.25) is 0 Å². The lowest BCUT2D eigenvalue weighted by Gasteiger charge is -2.24. The zero-order valence-corrected chi connectivity index (χ0v) is 16.0. The second-order valence-electron chi connectivity index (χ2n) is 6.84. The zero-order chi connectivity index (χ0) is 22.0. The van der Waals surface area contributed by atoms with Gasteiger partial charge in [-0.25, -0.2) is 14.1 Å². The summed E-state index contributed by atoms with van der Waals surface area (Å²) < 4.78 is 58.6. The summed E-state index contributed by atoms with van der Waals surface area (Å²) in [4.78, 5) is 15.9. The molecule has 0 aliphatic carbocycles. The van der Waals surface area contributed by atoms with Crippen LogP contribution in [0.15, 0.2) is 48.9 Å². The van der Waals surface area contributed by atoms with Crippen LogP contribution >= 0.6 is 0 Å². The smallest absolute Gasteiger partial charge is 0.371 e. The molecule has 1 unspecified atom stereocenters. The lowest BCUT2D eigenvalue weighted by molar-refractivity contribution is -0.138. The number of ether oxygens (including phenoxy) is 1. The number of hydrogen-bond acceptors (Lipinski definition) is 5. The average Bonchev–Trinajstić information content (AvgIpc) is 3.24. The third kappa shape index (κ3) is 4.72. The Hall–Kier alpha value is -3.31. The highest BCUT2D eigenvalue weighted by molar-refractivity contribution is 6.03. The van der Waals surface area contributed by atoms with Crippen LogP contribution in [0.2, 0.25) is 0 Å². The van der Waals surface area contributed by atoms with E-state index < -0.39 is 29.3 Å². The first kappa shape index (κ1) is 20.9. The van der Waals surface area contributed by atoms with Gasteiger partial charge in [0, 0.05) is 31.2 Å². The summed E-state index contributed by atoms with van der Waals surface area (Å²) in [5.74, 6) is -2.17. The van der Waals surface area contributed by atoms with Gasteiger partial charge in [-0.2, -0.15) is 18.3 Å². The van der Waals surface area contributed by atoms with Crippen molar-refractivity contribution in [3.8, 4) is 5.82 Å². The molecule has 7 nitrogen and oxygen atoms in total. The number of halogens is 4. The zero-order valence-electron chi connectivity index (χ0n) is 16.0. The molecule has 1 aliphatic rings. The van der Waals surface area contributed by atoms with Crippen molar-refractivity contribution in [2.45, 2.75) is 12.3 Å². The molecule has 3 aromatic rings. The van der Waals surface area contributed by atoms with Crippen LogP contribution < -0.4 is 10.6 Å². The maximum absolute atomic E-state index is 14.1. The van der Waals surface area contributed by atoms with E-state index in [1.165, 1.54) is 12.4 Å². The van der Waals surface area contributed by atoms with E-state index >= 15 is 0 Å². The van der Waals surface area contributed by atoms with E-state index in [1.807, 2.05) is 12.1 Å².